The quantitative estimate of drug-likeness (QED) is 0.807. The molecule has 1 N–H and O–H groups in total. The molecule has 0 aliphatic carbocycles. The van der Waals surface area contributed by atoms with Crippen molar-refractivity contribution in [3.8, 4) is 5.75 Å². The van der Waals surface area contributed by atoms with E-state index in [-0.39, 0.29) is 6.04 Å². The van der Waals surface area contributed by atoms with Gasteiger partial charge in [0.05, 0.1) is 18.2 Å². The molecule has 0 aliphatic rings. The highest BCUT2D eigenvalue weighted by molar-refractivity contribution is 5.35. The van der Waals surface area contributed by atoms with Crippen LogP contribution in [-0.4, -0.2) is 16.1 Å². The van der Waals surface area contributed by atoms with Gasteiger partial charge in [-0.05, 0) is 26.0 Å². The Morgan fingerprint density at radius 2 is 2.10 bits per heavy atom. The second kappa shape index (κ2) is 7.84. The Morgan fingerprint density at radius 3 is 2.86 bits per heavy atom. The molecule has 21 heavy (non-hydrogen) atoms. The molecule has 0 aliphatic heterocycles. The Kier molecular flexibility index (Phi) is 5.81. The van der Waals surface area contributed by atoms with Crippen LogP contribution in [0.1, 0.15) is 44.5 Å². The third kappa shape index (κ3) is 4.08. The lowest BCUT2D eigenvalue weighted by atomic mass is 10.1. The molecule has 0 amide bonds. The van der Waals surface area contributed by atoms with Crippen molar-refractivity contribution in [1.29, 1.82) is 0 Å². The lowest BCUT2D eigenvalue weighted by molar-refractivity contribution is 0.289. The van der Waals surface area contributed by atoms with Crippen molar-refractivity contribution in [3.63, 3.8) is 0 Å². The molecule has 1 aromatic heterocycles. The van der Waals surface area contributed by atoms with Gasteiger partial charge >= 0.3 is 0 Å². The van der Waals surface area contributed by atoms with Gasteiger partial charge in [-0.2, -0.15) is 0 Å². The van der Waals surface area contributed by atoms with Crippen LogP contribution in [0.3, 0.4) is 0 Å². The number of hydrogen-bond acceptors (Lipinski definition) is 3. The summed E-state index contributed by atoms with van der Waals surface area (Å²) >= 11 is 0. The number of para-hydroxylation sites is 1. The van der Waals surface area contributed by atoms with Gasteiger partial charge in [0.1, 0.15) is 12.4 Å². The van der Waals surface area contributed by atoms with Gasteiger partial charge < -0.3 is 14.6 Å². The predicted molar refractivity (Wildman–Crippen MR) is 85.4 cm³/mol. The number of benzene rings is 1. The largest absolute Gasteiger partial charge is 0.487 e. The first-order valence-electron chi connectivity index (χ1n) is 7.70. The normalized spacial score (nSPS) is 12.3. The fraction of sp³-hybridized carbons (Fsp3) is 0.471. The maximum atomic E-state index is 6.04. The van der Waals surface area contributed by atoms with E-state index in [4.69, 9.17) is 4.74 Å². The lowest BCUT2D eigenvalue weighted by Gasteiger charge is -2.18. The SMILES string of the molecule is CCCn1cncc1COc1ccccc1C(C)NCC. The molecule has 1 heterocycles. The fourth-order valence-electron chi connectivity index (χ4n) is 2.45. The zero-order valence-electron chi connectivity index (χ0n) is 13.2. The van der Waals surface area contributed by atoms with Crippen LogP contribution in [0.15, 0.2) is 36.8 Å². The smallest absolute Gasteiger partial charge is 0.130 e. The molecule has 0 saturated carbocycles. The van der Waals surface area contributed by atoms with Crippen molar-refractivity contribution in [2.24, 2.45) is 0 Å². The third-order valence-electron chi connectivity index (χ3n) is 3.53. The topological polar surface area (TPSA) is 39.1 Å². The number of nitrogens with zero attached hydrogens (tertiary/aromatic N) is 2. The molecule has 4 heteroatoms. The Labute approximate surface area is 127 Å². The van der Waals surface area contributed by atoms with Gasteiger partial charge in [-0.25, -0.2) is 4.98 Å². The van der Waals surface area contributed by atoms with E-state index in [0.717, 1.165) is 31.0 Å². The Bertz CT molecular complexity index is 550. The number of rotatable bonds is 8. The first kappa shape index (κ1) is 15.6. The highest BCUT2D eigenvalue weighted by Gasteiger charge is 2.11. The molecule has 2 rings (SSSR count). The van der Waals surface area contributed by atoms with Crippen molar-refractivity contribution in [3.05, 3.63) is 48.0 Å². The summed E-state index contributed by atoms with van der Waals surface area (Å²) < 4.78 is 8.18. The number of hydrogen-bond donors (Lipinski definition) is 1. The number of aryl methyl sites for hydroxylation is 1. The van der Waals surface area contributed by atoms with Crippen LogP contribution in [0.4, 0.5) is 0 Å². The Balaban J connectivity index is 2.07. The number of ether oxygens (including phenoxy) is 1. The van der Waals surface area contributed by atoms with Crippen molar-refractivity contribution in [2.45, 2.75) is 46.4 Å². The van der Waals surface area contributed by atoms with Gasteiger partial charge in [0.25, 0.3) is 0 Å². The summed E-state index contributed by atoms with van der Waals surface area (Å²) in [5, 5.41) is 3.43. The third-order valence-corrected chi connectivity index (χ3v) is 3.53. The van der Waals surface area contributed by atoms with Gasteiger partial charge in [-0.1, -0.05) is 32.0 Å². The van der Waals surface area contributed by atoms with Crippen LogP contribution >= 0.6 is 0 Å². The van der Waals surface area contributed by atoms with Crippen LogP contribution in [0, 0.1) is 0 Å². The molecular formula is C17H25N3O. The fourth-order valence-corrected chi connectivity index (χ4v) is 2.45. The minimum atomic E-state index is 0.284. The highest BCUT2D eigenvalue weighted by atomic mass is 16.5. The van der Waals surface area contributed by atoms with Crippen molar-refractivity contribution in [1.82, 2.24) is 14.9 Å². The number of nitrogens with one attached hydrogen (secondary N) is 1. The van der Waals surface area contributed by atoms with Crippen LogP contribution in [0.5, 0.6) is 5.75 Å². The van der Waals surface area contributed by atoms with Gasteiger partial charge in [0.15, 0.2) is 0 Å². The molecule has 0 radical (unpaired) electrons. The molecule has 1 aromatic carbocycles. The van der Waals surface area contributed by atoms with Crippen LogP contribution < -0.4 is 10.1 Å². The molecule has 2 aromatic rings. The van der Waals surface area contributed by atoms with E-state index in [2.05, 4.69) is 47.8 Å². The van der Waals surface area contributed by atoms with E-state index < -0.39 is 0 Å². The summed E-state index contributed by atoms with van der Waals surface area (Å²) in [4.78, 5) is 4.21. The molecule has 1 unspecified atom stereocenters. The van der Waals surface area contributed by atoms with Gasteiger partial charge in [-0.15, -0.1) is 0 Å². The van der Waals surface area contributed by atoms with E-state index in [1.54, 1.807) is 0 Å². The Morgan fingerprint density at radius 1 is 1.29 bits per heavy atom. The molecule has 0 fully saturated rings. The van der Waals surface area contributed by atoms with E-state index >= 15 is 0 Å². The molecule has 0 saturated heterocycles. The summed E-state index contributed by atoms with van der Waals surface area (Å²) in [5.41, 5.74) is 2.31. The first-order valence-corrected chi connectivity index (χ1v) is 7.70. The van der Waals surface area contributed by atoms with Gasteiger partial charge in [-0.3, -0.25) is 0 Å². The highest BCUT2D eigenvalue weighted by Crippen LogP contribution is 2.25. The second-order valence-corrected chi connectivity index (χ2v) is 5.18. The monoisotopic (exact) mass is 287 g/mol. The van der Waals surface area contributed by atoms with Gasteiger partial charge in [0, 0.05) is 18.2 Å². The minimum Gasteiger partial charge on any atom is -0.487 e. The molecule has 1 atom stereocenters. The molecule has 0 bridgehead atoms. The summed E-state index contributed by atoms with van der Waals surface area (Å²) in [6.07, 6.45) is 4.85. The van der Waals surface area contributed by atoms with E-state index in [1.165, 1.54) is 5.56 Å². The van der Waals surface area contributed by atoms with E-state index in [9.17, 15) is 0 Å². The average molecular weight is 287 g/mol. The summed E-state index contributed by atoms with van der Waals surface area (Å²) in [6.45, 7) is 8.91. The van der Waals surface area contributed by atoms with Crippen molar-refractivity contribution >= 4 is 0 Å². The number of imidazole rings is 1. The van der Waals surface area contributed by atoms with Crippen LogP contribution in [-0.2, 0) is 13.2 Å². The summed E-state index contributed by atoms with van der Waals surface area (Å²) in [6, 6.07) is 8.50. The Hall–Kier alpha value is -1.81. The second-order valence-electron chi connectivity index (χ2n) is 5.18. The summed E-state index contributed by atoms with van der Waals surface area (Å²) in [7, 11) is 0. The van der Waals surface area contributed by atoms with E-state index in [0.29, 0.717) is 6.61 Å². The standard InChI is InChI=1S/C17H25N3O/c1-4-10-20-13-18-11-15(20)12-21-17-9-7-6-8-16(17)14(3)19-5-2/h6-9,11,13-14,19H,4-5,10,12H2,1-3H3. The predicted octanol–water partition coefficient (Wildman–Crippen LogP) is 3.54. The van der Waals surface area contributed by atoms with Crippen molar-refractivity contribution in [2.75, 3.05) is 6.54 Å². The minimum absolute atomic E-state index is 0.284. The van der Waals surface area contributed by atoms with Crippen LogP contribution in [0.25, 0.3) is 0 Å². The van der Waals surface area contributed by atoms with Crippen LogP contribution in [0.2, 0.25) is 0 Å². The average Bonchev–Trinajstić information content (AvgIpc) is 2.93. The van der Waals surface area contributed by atoms with E-state index in [1.807, 2.05) is 24.7 Å². The maximum Gasteiger partial charge on any atom is 0.130 e. The molecular weight excluding hydrogens is 262 g/mol. The molecule has 114 valence electrons. The molecule has 0 spiro atoms. The molecule has 4 nitrogen and oxygen atoms in total. The first-order chi connectivity index (χ1) is 10.3. The zero-order chi connectivity index (χ0) is 15.1. The van der Waals surface area contributed by atoms with Gasteiger partial charge in [0.2, 0.25) is 0 Å². The lowest BCUT2D eigenvalue weighted by Crippen LogP contribution is -2.18. The number of aromatic nitrogens is 2. The van der Waals surface area contributed by atoms with Crippen molar-refractivity contribution < 1.29 is 4.74 Å². The summed E-state index contributed by atoms with van der Waals surface area (Å²) in [5.74, 6) is 0.940. The maximum absolute atomic E-state index is 6.04. The zero-order valence-corrected chi connectivity index (χ0v) is 13.2.